The Morgan fingerprint density at radius 2 is 1.75 bits per heavy atom. The number of rotatable bonds is 8. The molecule has 0 fully saturated rings. The smallest absolute Gasteiger partial charge is 0.287 e. The Labute approximate surface area is 186 Å². The third-order valence-corrected chi connectivity index (χ3v) is 5.26. The van der Waals surface area contributed by atoms with Crippen LogP contribution in [0.15, 0.2) is 77.2 Å². The van der Waals surface area contributed by atoms with Crippen LogP contribution >= 0.6 is 0 Å². The first-order chi connectivity index (χ1) is 15.6. The lowest BCUT2D eigenvalue weighted by Gasteiger charge is -2.17. The highest BCUT2D eigenvalue weighted by Crippen LogP contribution is 2.30. The van der Waals surface area contributed by atoms with Crippen LogP contribution in [-0.2, 0) is 6.61 Å². The minimum Gasteiger partial charge on any atom is -0.497 e. The Morgan fingerprint density at radius 3 is 2.56 bits per heavy atom. The number of hydrogen-bond donors (Lipinski definition) is 1. The molecule has 0 radical (unpaired) electrons. The Kier molecular flexibility index (Phi) is 6.31. The van der Waals surface area contributed by atoms with Gasteiger partial charge in [-0.1, -0.05) is 36.4 Å². The SMILES string of the molecule is COc1ccc(OC)c(C(C)NC(=O)c2ccc(COc3cccc4ccccc34)o2)c1. The first kappa shape index (κ1) is 21.3. The van der Waals surface area contributed by atoms with Crippen LogP contribution in [0.5, 0.6) is 17.2 Å². The molecule has 6 nitrogen and oxygen atoms in total. The Balaban J connectivity index is 1.43. The van der Waals surface area contributed by atoms with Gasteiger partial charge in [0.2, 0.25) is 0 Å². The zero-order chi connectivity index (χ0) is 22.5. The number of nitrogens with one attached hydrogen (secondary N) is 1. The number of benzene rings is 3. The van der Waals surface area contributed by atoms with E-state index >= 15 is 0 Å². The molecule has 32 heavy (non-hydrogen) atoms. The number of fused-ring (bicyclic) bond motifs is 1. The lowest BCUT2D eigenvalue weighted by Crippen LogP contribution is -2.26. The van der Waals surface area contributed by atoms with Crippen molar-refractivity contribution in [1.82, 2.24) is 5.32 Å². The van der Waals surface area contributed by atoms with Gasteiger partial charge in [-0.05, 0) is 48.7 Å². The molecular weight excluding hydrogens is 406 g/mol. The molecule has 0 spiro atoms. The molecule has 0 saturated carbocycles. The van der Waals surface area contributed by atoms with Crippen LogP contribution in [0, 0.1) is 0 Å². The Bertz CT molecular complexity index is 1220. The third-order valence-electron chi connectivity index (χ3n) is 5.26. The first-order valence-electron chi connectivity index (χ1n) is 10.3. The van der Waals surface area contributed by atoms with Crippen LogP contribution in [0.2, 0.25) is 0 Å². The lowest BCUT2D eigenvalue weighted by atomic mass is 10.1. The maximum atomic E-state index is 12.7. The number of ether oxygens (including phenoxy) is 3. The minimum atomic E-state index is -0.321. The summed E-state index contributed by atoms with van der Waals surface area (Å²) >= 11 is 0. The molecule has 3 aromatic carbocycles. The quantitative estimate of drug-likeness (QED) is 0.398. The number of hydrogen-bond acceptors (Lipinski definition) is 5. The molecule has 1 unspecified atom stereocenters. The van der Waals surface area contributed by atoms with E-state index in [9.17, 15) is 4.79 Å². The van der Waals surface area contributed by atoms with Gasteiger partial charge in [-0.3, -0.25) is 4.79 Å². The molecular formula is C26H25NO5. The molecule has 1 atom stereocenters. The normalized spacial score (nSPS) is 11.7. The lowest BCUT2D eigenvalue weighted by molar-refractivity contribution is 0.0907. The van der Waals surface area contributed by atoms with Crippen molar-refractivity contribution in [2.75, 3.05) is 14.2 Å². The average Bonchev–Trinajstić information content (AvgIpc) is 3.31. The summed E-state index contributed by atoms with van der Waals surface area (Å²) in [5.41, 5.74) is 0.811. The summed E-state index contributed by atoms with van der Waals surface area (Å²) in [5, 5.41) is 5.07. The van der Waals surface area contributed by atoms with Gasteiger partial charge in [-0.25, -0.2) is 0 Å². The molecule has 4 rings (SSSR count). The summed E-state index contributed by atoms with van der Waals surface area (Å²) < 4.78 is 22.4. The summed E-state index contributed by atoms with van der Waals surface area (Å²) in [6, 6.07) is 22.5. The summed E-state index contributed by atoms with van der Waals surface area (Å²) in [7, 11) is 3.19. The van der Waals surface area contributed by atoms with E-state index < -0.39 is 0 Å². The van der Waals surface area contributed by atoms with Crippen molar-refractivity contribution in [3.8, 4) is 17.2 Å². The fourth-order valence-corrected chi connectivity index (χ4v) is 3.57. The zero-order valence-electron chi connectivity index (χ0n) is 18.3. The number of furan rings is 1. The van der Waals surface area contributed by atoms with Crippen molar-refractivity contribution in [2.45, 2.75) is 19.6 Å². The summed E-state index contributed by atoms with van der Waals surface area (Å²) in [5.74, 6) is 2.59. The highest BCUT2D eigenvalue weighted by Gasteiger charge is 2.18. The molecule has 1 amide bonds. The third kappa shape index (κ3) is 4.54. The van der Waals surface area contributed by atoms with Crippen molar-refractivity contribution in [2.24, 2.45) is 0 Å². The highest BCUT2D eigenvalue weighted by molar-refractivity contribution is 5.92. The van der Waals surface area contributed by atoms with Crippen LogP contribution in [-0.4, -0.2) is 20.1 Å². The van der Waals surface area contributed by atoms with Gasteiger partial charge in [-0.15, -0.1) is 0 Å². The van der Waals surface area contributed by atoms with Gasteiger partial charge in [0, 0.05) is 10.9 Å². The zero-order valence-corrected chi connectivity index (χ0v) is 18.3. The van der Waals surface area contributed by atoms with Gasteiger partial charge < -0.3 is 23.9 Å². The second-order valence-corrected chi connectivity index (χ2v) is 7.33. The Hall–Kier alpha value is -3.93. The van der Waals surface area contributed by atoms with E-state index in [-0.39, 0.29) is 24.3 Å². The van der Waals surface area contributed by atoms with Crippen molar-refractivity contribution in [3.05, 3.63) is 89.9 Å². The largest absolute Gasteiger partial charge is 0.497 e. The molecule has 1 N–H and O–H groups in total. The monoisotopic (exact) mass is 431 g/mol. The molecule has 1 heterocycles. The van der Waals surface area contributed by atoms with E-state index in [1.807, 2.05) is 67.6 Å². The highest BCUT2D eigenvalue weighted by atomic mass is 16.5. The first-order valence-corrected chi connectivity index (χ1v) is 10.3. The van der Waals surface area contributed by atoms with Crippen molar-refractivity contribution in [3.63, 3.8) is 0 Å². The predicted molar refractivity (Wildman–Crippen MR) is 122 cm³/mol. The van der Waals surface area contributed by atoms with Crippen LogP contribution in [0.1, 0.15) is 34.8 Å². The summed E-state index contributed by atoms with van der Waals surface area (Å²) in [6.07, 6.45) is 0. The van der Waals surface area contributed by atoms with Crippen LogP contribution in [0.4, 0.5) is 0 Å². The second kappa shape index (κ2) is 9.47. The van der Waals surface area contributed by atoms with E-state index in [2.05, 4.69) is 5.32 Å². The van der Waals surface area contributed by atoms with Crippen molar-refractivity contribution < 1.29 is 23.4 Å². The van der Waals surface area contributed by atoms with Gasteiger partial charge in [-0.2, -0.15) is 0 Å². The van der Waals surface area contributed by atoms with Crippen LogP contribution < -0.4 is 19.5 Å². The van der Waals surface area contributed by atoms with Gasteiger partial charge in [0.15, 0.2) is 5.76 Å². The topological polar surface area (TPSA) is 69.9 Å². The molecule has 1 aromatic heterocycles. The van der Waals surface area contributed by atoms with E-state index in [1.165, 1.54) is 0 Å². The molecule has 0 aliphatic heterocycles. The Morgan fingerprint density at radius 1 is 0.938 bits per heavy atom. The molecule has 164 valence electrons. The summed E-state index contributed by atoms with van der Waals surface area (Å²) in [6.45, 7) is 2.10. The molecule has 0 saturated heterocycles. The second-order valence-electron chi connectivity index (χ2n) is 7.33. The van der Waals surface area contributed by atoms with Gasteiger partial charge >= 0.3 is 0 Å². The summed E-state index contributed by atoms with van der Waals surface area (Å²) in [4.78, 5) is 12.7. The van der Waals surface area contributed by atoms with Gasteiger partial charge in [0.05, 0.1) is 20.3 Å². The standard InChI is InChI=1S/C26H25NO5/c1-17(22-15-19(29-2)11-13-23(22)30-3)27-26(28)25-14-12-20(32-25)16-31-24-10-6-8-18-7-4-5-9-21(18)24/h4-15,17H,16H2,1-3H3,(H,27,28). The molecule has 6 heteroatoms. The average molecular weight is 431 g/mol. The van der Waals surface area contributed by atoms with Gasteiger partial charge in [0.1, 0.15) is 29.6 Å². The maximum absolute atomic E-state index is 12.7. The van der Waals surface area contributed by atoms with Crippen LogP contribution in [0.25, 0.3) is 10.8 Å². The van der Waals surface area contributed by atoms with E-state index in [0.29, 0.717) is 17.3 Å². The van der Waals surface area contributed by atoms with Crippen LogP contribution in [0.3, 0.4) is 0 Å². The van der Waals surface area contributed by atoms with Crippen molar-refractivity contribution >= 4 is 16.7 Å². The molecule has 0 aliphatic rings. The number of carbonyl (C=O) groups is 1. The minimum absolute atomic E-state index is 0.218. The van der Waals surface area contributed by atoms with E-state index in [1.54, 1.807) is 26.4 Å². The molecule has 4 aromatic rings. The van der Waals surface area contributed by atoms with Crippen molar-refractivity contribution in [1.29, 1.82) is 0 Å². The van der Waals surface area contributed by atoms with Gasteiger partial charge in [0.25, 0.3) is 5.91 Å². The molecule has 0 bridgehead atoms. The van der Waals surface area contributed by atoms with E-state index in [4.69, 9.17) is 18.6 Å². The maximum Gasteiger partial charge on any atom is 0.287 e. The number of amides is 1. The fourth-order valence-electron chi connectivity index (χ4n) is 3.57. The number of carbonyl (C=O) groups excluding carboxylic acids is 1. The fraction of sp³-hybridized carbons (Fsp3) is 0.192. The predicted octanol–water partition coefficient (Wildman–Crippen LogP) is 5.52. The number of methoxy groups -OCH3 is 2. The molecule has 0 aliphatic carbocycles. The van der Waals surface area contributed by atoms with E-state index in [0.717, 1.165) is 22.1 Å².